The van der Waals surface area contributed by atoms with E-state index in [4.69, 9.17) is 0 Å². The fourth-order valence-electron chi connectivity index (χ4n) is 7.77. The largest absolute Gasteiger partial charge is 0.345 e. The van der Waals surface area contributed by atoms with Crippen LogP contribution in [0.4, 0.5) is 11.4 Å². The van der Waals surface area contributed by atoms with Crippen molar-refractivity contribution < 1.29 is 0 Å². The van der Waals surface area contributed by atoms with Crippen LogP contribution >= 0.6 is 0 Å². The van der Waals surface area contributed by atoms with Gasteiger partial charge in [0.05, 0.1) is 5.41 Å². The molecule has 224 valence electrons. The van der Waals surface area contributed by atoms with Gasteiger partial charge < -0.3 is 9.47 Å². The summed E-state index contributed by atoms with van der Waals surface area (Å²) in [6.07, 6.45) is 5.71. The van der Waals surface area contributed by atoms with E-state index in [0.717, 1.165) is 6.42 Å². The third-order valence-corrected chi connectivity index (χ3v) is 9.96. The predicted octanol–water partition coefficient (Wildman–Crippen LogP) is 11.3. The predicted molar refractivity (Wildman–Crippen MR) is 194 cm³/mol. The van der Waals surface area contributed by atoms with Gasteiger partial charge in [-0.25, -0.2) is 0 Å². The van der Waals surface area contributed by atoms with E-state index in [9.17, 15) is 0 Å². The standard InChI is InChI=1S/C43H42N2/c1-8-9-16-37(28(2)3)43(38-17-12-10-14-30(38)5)39-23-19-29(4)25-35(39)33-22-20-32(27-40(33)43)44(6)31-21-24-42-36(26-31)34-15-11-13-18-41(34)45(42)7/h9-27H,8H2,1-7H3/b16-9-. The summed E-state index contributed by atoms with van der Waals surface area (Å²) in [4.78, 5) is 2.35. The smallest absolute Gasteiger partial charge is 0.0716 e. The number of benzene rings is 5. The molecule has 45 heavy (non-hydrogen) atoms. The Morgan fingerprint density at radius 3 is 2.20 bits per heavy atom. The van der Waals surface area contributed by atoms with Gasteiger partial charge in [0.25, 0.3) is 0 Å². The van der Waals surface area contributed by atoms with Crippen molar-refractivity contribution in [2.45, 2.75) is 46.5 Å². The Kier molecular flexibility index (Phi) is 7.05. The third-order valence-electron chi connectivity index (χ3n) is 9.96. The van der Waals surface area contributed by atoms with Gasteiger partial charge in [0.2, 0.25) is 0 Å². The monoisotopic (exact) mass is 586 g/mol. The molecule has 5 aromatic carbocycles. The van der Waals surface area contributed by atoms with Crippen LogP contribution in [0.3, 0.4) is 0 Å². The minimum atomic E-state index is -0.426. The molecule has 6 aromatic rings. The van der Waals surface area contributed by atoms with Crippen molar-refractivity contribution in [2.24, 2.45) is 7.05 Å². The number of fused-ring (bicyclic) bond motifs is 6. The average Bonchev–Trinajstić information content (AvgIpc) is 3.49. The molecule has 2 nitrogen and oxygen atoms in total. The van der Waals surface area contributed by atoms with Crippen LogP contribution in [0.1, 0.15) is 55.0 Å². The number of para-hydroxylation sites is 1. The van der Waals surface area contributed by atoms with Crippen LogP contribution < -0.4 is 4.90 Å². The second-order valence-corrected chi connectivity index (χ2v) is 12.9. The van der Waals surface area contributed by atoms with Crippen molar-refractivity contribution in [1.29, 1.82) is 0 Å². The Balaban J connectivity index is 1.50. The minimum absolute atomic E-state index is 0.426. The molecular weight excluding hydrogens is 544 g/mol. The minimum Gasteiger partial charge on any atom is -0.345 e. The zero-order valence-electron chi connectivity index (χ0n) is 27.6. The van der Waals surface area contributed by atoms with Gasteiger partial charge in [-0.3, -0.25) is 0 Å². The maximum atomic E-state index is 2.47. The molecule has 0 saturated carbocycles. The maximum absolute atomic E-state index is 2.47. The molecule has 0 aliphatic heterocycles. The highest BCUT2D eigenvalue weighted by Gasteiger charge is 2.48. The van der Waals surface area contributed by atoms with Gasteiger partial charge in [-0.2, -0.15) is 0 Å². The molecule has 1 heterocycles. The molecule has 1 aromatic heterocycles. The molecule has 0 amide bonds. The summed E-state index contributed by atoms with van der Waals surface area (Å²) in [7, 11) is 4.36. The summed E-state index contributed by atoms with van der Waals surface area (Å²) < 4.78 is 2.30. The molecule has 0 radical (unpaired) electrons. The van der Waals surface area contributed by atoms with Gasteiger partial charge in [0.1, 0.15) is 0 Å². The van der Waals surface area contributed by atoms with Crippen molar-refractivity contribution in [2.75, 3.05) is 11.9 Å². The zero-order chi connectivity index (χ0) is 31.5. The second-order valence-electron chi connectivity index (χ2n) is 12.9. The quantitative estimate of drug-likeness (QED) is 0.176. The van der Waals surface area contributed by atoms with Crippen molar-refractivity contribution in [1.82, 2.24) is 4.57 Å². The molecule has 0 saturated heterocycles. The van der Waals surface area contributed by atoms with Gasteiger partial charge >= 0.3 is 0 Å². The highest BCUT2D eigenvalue weighted by atomic mass is 15.1. The number of hydrogen-bond acceptors (Lipinski definition) is 1. The maximum Gasteiger partial charge on any atom is 0.0716 e. The van der Waals surface area contributed by atoms with Crippen LogP contribution in [0.25, 0.3) is 32.9 Å². The van der Waals surface area contributed by atoms with Gasteiger partial charge in [0.15, 0.2) is 0 Å². The van der Waals surface area contributed by atoms with E-state index >= 15 is 0 Å². The highest BCUT2D eigenvalue weighted by molar-refractivity contribution is 6.09. The average molecular weight is 587 g/mol. The van der Waals surface area contributed by atoms with E-state index in [0.29, 0.717) is 0 Å². The molecule has 1 atom stereocenters. The number of aromatic nitrogens is 1. The van der Waals surface area contributed by atoms with Crippen molar-refractivity contribution >= 4 is 33.2 Å². The first-order valence-electron chi connectivity index (χ1n) is 16.1. The lowest BCUT2D eigenvalue weighted by molar-refractivity contribution is 0.748. The molecule has 0 N–H and O–H groups in total. The fraction of sp³-hybridized carbons (Fsp3) is 0.209. The van der Waals surface area contributed by atoms with E-state index in [1.807, 2.05) is 0 Å². The summed E-state index contributed by atoms with van der Waals surface area (Å²) in [5, 5.41) is 2.58. The van der Waals surface area contributed by atoms with E-state index in [1.54, 1.807) is 0 Å². The van der Waals surface area contributed by atoms with E-state index in [2.05, 4.69) is 173 Å². The molecule has 2 heteroatoms. The number of hydrogen-bond donors (Lipinski definition) is 0. The van der Waals surface area contributed by atoms with Crippen LogP contribution in [0.2, 0.25) is 0 Å². The number of rotatable bonds is 6. The molecule has 0 spiro atoms. The Morgan fingerprint density at radius 2 is 1.42 bits per heavy atom. The lowest BCUT2D eigenvalue weighted by Crippen LogP contribution is -2.31. The fourth-order valence-corrected chi connectivity index (χ4v) is 7.77. The van der Waals surface area contributed by atoms with Crippen LogP contribution in [0.5, 0.6) is 0 Å². The van der Waals surface area contributed by atoms with Gasteiger partial charge in [-0.15, -0.1) is 0 Å². The topological polar surface area (TPSA) is 8.17 Å². The molecule has 1 unspecified atom stereocenters. The second kappa shape index (κ2) is 11.0. The van der Waals surface area contributed by atoms with Crippen LogP contribution in [0.15, 0.2) is 126 Å². The van der Waals surface area contributed by atoms with E-state index in [-0.39, 0.29) is 0 Å². The zero-order valence-corrected chi connectivity index (χ0v) is 27.6. The van der Waals surface area contributed by atoms with Gasteiger partial charge in [-0.05, 0) is 109 Å². The number of nitrogens with zero attached hydrogens (tertiary/aromatic N) is 2. The number of anilines is 2. The molecule has 0 fully saturated rings. The highest BCUT2D eigenvalue weighted by Crippen LogP contribution is 2.58. The molecule has 0 bridgehead atoms. The first kappa shape index (κ1) is 28.9. The van der Waals surface area contributed by atoms with Crippen molar-refractivity contribution in [3.63, 3.8) is 0 Å². The normalized spacial score (nSPS) is 15.5. The Morgan fingerprint density at radius 1 is 0.711 bits per heavy atom. The summed E-state index contributed by atoms with van der Waals surface area (Å²) in [6, 6.07) is 38.7. The van der Waals surface area contributed by atoms with Crippen molar-refractivity contribution in [3.05, 3.63) is 154 Å². The molecule has 1 aliphatic rings. The lowest BCUT2D eigenvalue weighted by atomic mass is 9.64. The summed E-state index contributed by atoms with van der Waals surface area (Å²) >= 11 is 0. The van der Waals surface area contributed by atoms with Crippen LogP contribution in [-0.4, -0.2) is 11.6 Å². The first-order chi connectivity index (χ1) is 21.8. The first-order valence-corrected chi connectivity index (χ1v) is 16.1. The third kappa shape index (κ3) is 4.30. The molecular formula is C43H42N2. The van der Waals surface area contributed by atoms with E-state index in [1.165, 1.54) is 83.3 Å². The number of allylic oxidation sites excluding steroid dienone is 4. The molecule has 7 rings (SSSR count). The van der Waals surface area contributed by atoms with Gasteiger partial charge in [0, 0.05) is 47.3 Å². The van der Waals surface area contributed by atoms with Gasteiger partial charge in [-0.1, -0.05) is 96.9 Å². The van der Waals surface area contributed by atoms with Crippen LogP contribution in [0, 0.1) is 13.8 Å². The Bertz CT molecular complexity index is 2170. The summed E-state index contributed by atoms with van der Waals surface area (Å²) in [5.41, 5.74) is 16.5. The summed E-state index contributed by atoms with van der Waals surface area (Å²) in [6.45, 7) is 11.2. The summed E-state index contributed by atoms with van der Waals surface area (Å²) in [5.74, 6) is 0. The van der Waals surface area contributed by atoms with E-state index < -0.39 is 5.41 Å². The molecule has 1 aliphatic carbocycles. The SMILES string of the molecule is CC/C=C\C(=C(C)C)C1(c2ccccc2C)c2ccc(C)cc2-c2ccc(N(C)c3ccc4c(c3)c3ccccc3n4C)cc21. The Hall–Kier alpha value is -4.82. The van der Waals surface area contributed by atoms with Crippen molar-refractivity contribution in [3.8, 4) is 11.1 Å². The number of aryl methyl sites for hydroxylation is 3. The Labute approximate surface area is 268 Å². The lowest BCUT2D eigenvalue weighted by Gasteiger charge is -2.37. The van der Waals surface area contributed by atoms with Crippen LogP contribution in [-0.2, 0) is 12.5 Å².